The molecule has 3 heteroatoms. The van der Waals surface area contributed by atoms with Crippen molar-refractivity contribution < 1.29 is 4.74 Å². The van der Waals surface area contributed by atoms with Crippen LogP contribution in [0.15, 0.2) is 103 Å². The van der Waals surface area contributed by atoms with E-state index in [2.05, 4.69) is 115 Å². The van der Waals surface area contributed by atoms with Crippen LogP contribution in [0, 0.1) is 6.92 Å². The fraction of sp³-hybridized carbons (Fsp3) is 0.0323. The molecule has 8 rings (SSSR count). The second kappa shape index (κ2) is 6.42. The van der Waals surface area contributed by atoms with E-state index in [1.807, 2.05) is 0 Å². The average molecular weight is 433 g/mol. The number of hydrogen-bond acceptors (Lipinski definition) is 1. The Hall–Kier alpha value is -4.24. The van der Waals surface area contributed by atoms with Crippen molar-refractivity contribution >= 4 is 44.9 Å². The quantitative estimate of drug-likeness (QED) is 0.303. The van der Waals surface area contributed by atoms with Crippen LogP contribution in [0.5, 0.6) is 11.5 Å². The highest BCUT2D eigenvalue weighted by Crippen LogP contribution is 2.40. The van der Waals surface area contributed by atoms with Crippen molar-refractivity contribution in [3.63, 3.8) is 0 Å². The predicted octanol–water partition coefficient (Wildman–Crippen LogP) is 5.69. The molecule has 2 nitrogen and oxygen atoms in total. The van der Waals surface area contributed by atoms with Gasteiger partial charge in [0.1, 0.15) is 11.5 Å². The summed E-state index contributed by atoms with van der Waals surface area (Å²) in [5.74, 6) is 1.93. The predicted molar refractivity (Wildman–Crippen MR) is 142 cm³/mol. The van der Waals surface area contributed by atoms with Crippen LogP contribution in [0.4, 0.5) is 0 Å². The molecule has 2 aliphatic heterocycles. The second-order valence-corrected chi connectivity index (χ2v) is 9.39. The van der Waals surface area contributed by atoms with E-state index in [1.165, 1.54) is 60.6 Å². The van der Waals surface area contributed by atoms with Crippen molar-refractivity contribution in [2.75, 3.05) is 0 Å². The molecule has 0 fully saturated rings. The van der Waals surface area contributed by atoms with Crippen molar-refractivity contribution in [1.82, 2.24) is 4.57 Å². The van der Waals surface area contributed by atoms with Gasteiger partial charge >= 0.3 is 0 Å². The van der Waals surface area contributed by atoms with Crippen LogP contribution in [-0.2, 0) is 0 Å². The summed E-state index contributed by atoms with van der Waals surface area (Å²) in [4.78, 5) is 0. The van der Waals surface area contributed by atoms with Crippen molar-refractivity contribution in [2.24, 2.45) is 0 Å². The molecule has 0 aliphatic carbocycles. The zero-order chi connectivity index (χ0) is 22.4. The molecule has 34 heavy (non-hydrogen) atoms. The van der Waals surface area contributed by atoms with Gasteiger partial charge in [0.15, 0.2) is 0 Å². The van der Waals surface area contributed by atoms with Gasteiger partial charge in [-0.05, 0) is 64.3 Å². The van der Waals surface area contributed by atoms with E-state index in [-0.39, 0.29) is 6.71 Å². The number of rotatable bonds is 1. The third kappa shape index (κ3) is 2.21. The van der Waals surface area contributed by atoms with E-state index in [0.717, 1.165) is 11.5 Å². The molecule has 3 heterocycles. The summed E-state index contributed by atoms with van der Waals surface area (Å²) in [5.41, 5.74) is 11.4. The Bertz CT molecular complexity index is 1800. The number of para-hydroxylation sites is 2. The Kier molecular flexibility index (Phi) is 3.44. The first-order valence-electron chi connectivity index (χ1n) is 11.8. The third-order valence-corrected chi connectivity index (χ3v) is 7.56. The van der Waals surface area contributed by atoms with Gasteiger partial charge in [-0.25, -0.2) is 0 Å². The Balaban J connectivity index is 1.53. The minimum Gasteiger partial charge on any atom is -0.458 e. The van der Waals surface area contributed by atoms with Gasteiger partial charge in [-0.15, -0.1) is 0 Å². The number of nitrogens with zero attached hydrogens (tertiary/aromatic N) is 1. The van der Waals surface area contributed by atoms with E-state index in [9.17, 15) is 0 Å². The summed E-state index contributed by atoms with van der Waals surface area (Å²) in [6, 6.07) is 37.2. The molecule has 0 bridgehead atoms. The highest BCUT2D eigenvalue weighted by molar-refractivity contribution is 6.99. The van der Waals surface area contributed by atoms with Crippen LogP contribution in [-0.4, -0.2) is 11.3 Å². The topological polar surface area (TPSA) is 14.2 Å². The van der Waals surface area contributed by atoms with Crippen LogP contribution in [0.3, 0.4) is 0 Å². The Morgan fingerprint density at radius 3 is 2.38 bits per heavy atom. The zero-order valence-electron chi connectivity index (χ0n) is 18.7. The van der Waals surface area contributed by atoms with Crippen LogP contribution in [0.2, 0.25) is 0 Å². The standard InChI is InChI=1S/C31H20BNO/c1-19-17-28-30-31-29(19)22-11-5-7-13-25(22)33(31)26-14-8-6-12-23(26)32(30)24-18-21(15-16-27(24)34-28)20-9-3-2-4-10-20/h2-18H,1H3. The Morgan fingerprint density at radius 2 is 1.47 bits per heavy atom. The number of ether oxygens (including phenoxy) is 1. The molecule has 0 saturated heterocycles. The number of aromatic nitrogens is 1. The molecule has 158 valence electrons. The molecule has 0 amide bonds. The Labute approximate surface area is 198 Å². The van der Waals surface area contributed by atoms with Crippen LogP contribution in [0.25, 0.3) is 38.6 Å². The highest BCUT2D eigenvalue weighted by Gasteiger charge is 2.40. The van der Waals surface area contributed by atoms with E-state index in [0.29, 0.717) is 0 Å². The van der Waals surface area contributed by atoms with Gasteiger partial charge in [-0.3, -0.25) is 0 Å². The third-order valence-electron chi connectivity index (χ3n) is 7.56. The first-order chi connectivity index (χ1) is 16.8. The van der Waals surface area contributed by atoms with E-state index in [1.54, 1.807) is 0 Å². The van der Waals surface area contributed by atoms with Crippen LogP contribution >= 0.6 is 0 Å². The summed E-state index contributed by atoms with van der Waals surface area (Å²) in [6.07, 6.45) is 0. The molecular weight excluding hydrogens is 413 g/mol. The normalized spacial score (nSPS) is 13.0. The molecule has 2 aliphatic rings. The molecule has 6 aromatic rings. The molecule has 0 spiro atoms. The number of hydrogen-bond donors (Lipinski definition) is 0. The largest absolute Gasteiger partial charge is 0.458 e. The first kappa shape index (κ1) is 18.2. The lowest BCUT2D eigenvalue weighted by Crippen LogP contribution is -2.58. The fourth-order valence-electron chi connectivity index (χ4n) is 6.18. The van der Waals surface area contributed by atoms with Gasteiger partial charge in [0, 0.05) is 16.5 Å². The lowest BCUT2D eigenvalue weighted by Gasteiger charge is -2.33. The number of fused-ring (bicyclic) bond motifs is 8. The van der Waals surface area contributed by atoms with E-state index in [4.69, 9.17) is 4.74 Å². The number of aryl methyl sites for hydroxylation is 1. The van der Waals surface area contributed by atoms with Gasteiger partial charge in [0.2, 0.25) is 0 Å². The second-order valence-electron chi connectivity index (χ2n) is 9.39. The smallest absolute Gasteiger partial charge is 0.256 e. The summed E-state index contributed by atoms with van der Waals surface area (Å²) >= 11 is 0. The van der Waals surface area contributed by atoms with E-state index < -0.39 is 0 Å². The maximum absolute atomic E-state index is 6.61. The lowest BCUT2D eigenvalue weighted by molar-refractivity contribution is 0.487. The maximum Gasteiger partial charge on any atom is 0.256 e. The van der Waals surface area contributed by atoms with Gasteiger partial charge < -0.3 is 9.30 Å². The molecule has 5 aromatic carbocycles. The summed E-state index contributed by atoms with van der Waals surface area (Å²) in [7, 11) is 0. The summed E-state index contributed by atoms with van der Waals surface area (Å²) < 4.78 is 9.07. The molecular formula is C31H20BNO. The van der Waals surface area contributed by atoms with Crippen LogP contribution < -0.4 is 21.1 Å². The first-order valence-corrected chi connectivity index (χ1v) is 11.8. The van der Waals surface area contributed by atoms with Gasteiger partial charge in [-0.2, -0.15) is 0 Å². The Morgan fingerprint density at radius 1 is 0.676 bits per heavy atom. The van der Waals surface area contributed by atoms with Crippen molar-refractivity contribution in [2.45, 2.75) is 6.92 Å². The highest BCUT2D eigenvalue weighted by atomic mass is 16.5. The van der Waals surface area contributed by atoms with Crippen molar-refractivity contribution in [1.29, 1.82) is 0 Å². The van der Waals surface area contributed by atoms with Gasteiger partial charge in [0.05, 0.1) is 11.0 Å². The SMILES string of the molecule is Cc1cc2c3c4c1c1ccccc1n4-c1ccccc1B3c1cc(-c3ccccc3)ccc1O2. The molecule has 0 N–H and O–H groups in total. The van der Waals surface area contributed by atoms with Crippen molar-refractivity contribution in [3.05, 3.63) is 109 Å². The summed E-state index contributed by atoms with van der Waals surface area (Å²) in [5, 5.41) is 2.64. The average Bonchev–Trinajstić information content (AvgIpc) is 3.24. The monoisotopic (exact) mass is 433 g/mol. The van der Waals surface area contributed by atoms with Gasteiger partial charge in [-0.1, -0.05) is 78.9 Å². The lowest BCUT2D eigenvalue weighted by atomic mass is 9.34. The molecule has 0 saturated carbocycles. The fourth-order valence-corrected chi connectivity index (χ4v) is 6.18. The molecule has 0 unspecified atom stereocenters. The maximum atomic E-state index is 6.61. The summed E-state index contributed by atoms with van der Waals surface area (Å²) in [6.45, 7) is 2.35. The van der Waals surface area contributed by atoms with Crippen molar-refractivity contribution in [3.8, 4) is 28.3 Å². The van der Waals surface area contributed by atoms with Crippen LogP contribution in [0.1, 0.15) is 5.56 Å². The number of benzene rings is 5. The minimum atomic E-state index is 0.138. The van der Waals surface area contributed by atoms with Gasteiger partial charge in [0.25, 0.3) is 6.71 Å². The van der Waals surface area contributed by atoms with E-state index >= 15 is 0 Å². The molecule has 1 aromatic heterocycles. The minimum absolute atomic E-state index is 0.138. The molecule has 0 radical (unpaired) electrons. The molecule has 0 atom stereocenters. The zero-order valence-corrected chi connectivity index (χ0v) is 18.7.